The fourth-order valence-electron chi connectivity index (χ4n) is 18.1. The Kier molecular flexibility index (Phi) is 35.6. The van der Waals surface area contributed by atoms with Crippen LogP contribution >= 0.6 is 27.3 Å². The Morgan fingerprint density at radius 3 is 1.13 bits per heavy atom. The average Bonchev–Trinajstić information content (AvgIpc) is 1.56. The van der Waals surface area contributed by atoms with Crippen molar-refractivity contribution in [2.45, 2.75) is 116 Å². The van der Waals surface area contributed by atoms with Crippen LogP contribution in [-0.4, -0.2) is 49.4 Å². The summed E-state index contributed by atoms with van der Waals surface area (Å²) in [6, 6.07) is 106. The monoisotopic (exact) mass is 2920 g/mol. The molecule has 0 atom stereocenters. The second-order valence-electron chi connectivity index (χ2n) is 35.2. The van der Waals surface area contributed by atoms with Crippen LogP contribution in [0.5, 0.6) is 0 Å². The van der Waals surface area contributed by atoms with Crippen LogP contribution < -0.4 is 0 Å². The topological polar surface area (TPSA) is 134 Å². The summed E-state index contributed by atoms with van der Waals surface area (Å²) in [6.45, 7) is 26.8. The summed E-state index contributed by atoms with van der Waals surface area (Å²) in [4.78, 5) is 39.6. The molecule has 7 aromatic carbocycles. The minimum Gasteiger partial charge on any atom is -0.565 e. The van der Waals surface area contributed by atoms with E-state index in [4.69, 9.17) is 4.42 Å². The molecule has 690 valence electrons. The van der Waals surface area contributed by atoms with Gasteiger partial charge in [-0.15, -0.1) is 247 Å². The molecule has 6 aliphatic carbocycles. The van der Waals surface area contributed by atoms with Crippen molar-refractivity contribution < 1.29 is 131 Å². The van der Waals surface area contributed by atoms with Crippen LogP contribution in [-0.2, 0) is 166 Å². The van der Waals surface area contributed by atoms with Crippen LogP contribution in [0.3, 0.4) is 0 Å². The normalized spacial score (nSPS) is 13.6. The van der Waals surface area contributed by atoms with Gasteiger partial charge in [-0.25, -0.2) is 0 Å². The first-order valence-electron chi connectivity index (χ1n) is 43.1. The summed E-state index contributed by atoms with van der Waals surface area (Å²) in [5, 5.41) is 7.89. The summed E-state index contributed by atoms with van der Waals surface area (Å²) in [6.07, 6.45) is 26.6. The van der Waals surface area contributed by atoms with E-state index < -0.39 is 0 Å². The van der Waals surface area contributed by atoms with Crippen molar-refractivity contribution >= 4 is 38.0 Å². The van der Waals surface area contributed by atoms with Gasteiger partial charge in [0.15, 0.2) is 0 Å². The maximum atomic E-state index is 5.11. The van der Waals surface area contributed by atoms with Crippen LogP contribution in [0, 0.1) is 54.2 Å². The van der Waals surface area contributed by atoms with Gasteiger partial charge < -0.3 is 53.8 Å². The number of pyridine rings is 9. The summed E-state index contributed by atoms with van der Waals surface area (Å²) >= 11 is 5.28. The van der Waals surface area contributed by atoms with Gasteiger partial charge in [-0.1, -0.05) is 239 Å². The van der Waals surface area contributed by atoms with Crippen molar-refractivity contribution in [2.75, 3.05) is 0 Å². The summed E-state index contributed by atoms with van der Waals surface area (Å²) < 4.78 is 8.25. The minimum atomic E-state index is 0. The average molecular weight is 2930 g/mol. The molecule has 0 spiro atoms. The number of hydrogen-bond donors (Lipinski definition) is 0. The van der Waals surface area contributed by atoms with Gasteiger partial charge in [0, 0.05) is 125 Å². The molecule has 0 fully saturated rings. The Labute approximate surface area is 892 Å². The van der Waals surface area contributed by atoms with Gasteiger partial charge in [0.25, 0.3) is 0 Å². The number of halogens is 1. The molecule has 6 aliphatic rings. The van der Waals surface area contributed by atoms with Crippen LogP contribution in [0.1, 0.15) is 150 Å². The molecule has 0 bridgehead atoms. The van der Waals surface area contributed by atoms with Gasteiger partial charge in [-0.2, -0.15) is 0 Å². The van der Waals surface area contributed by atoms with Gasteiger partial charge in [-0.05, 0) is 162 Å². The van der Waals surface area contributed by atoms with Crippen LogP contribution in [0.15, 0.2) is 343 Å². The molecule has 12 heterocycles. The van der Waals surface area contributed by atoms with Crippen LogP contribution in [0.2, 0.25) is 0 Å². The van der Waals surface area contributed by atoms with Crippen molar-refractivity contribution in [1.82, 2.24) is 49.4 Å². The second-order valence-corrected chi connectivity index (χ2v) is 36.7. The fourth-order valence-corrected chi connectivity index (χ4v) is 19.8. The van der Waals surface area contributed by atoms with Crippen molar-refractivity contribution in [3.05, 3.63) is 460 Å². The number of rotatable bonds is 3. The van der Waals surface area contributed by atoms with E-state index >= 15 is 0 Å². The minimum absolute atomic E-state index is 0. The number of thiophene rings is 1. The van der Waals surface area contributed by atoms with Crippen molar-refractivity contribution in [3.8, 4) is 101 Å². The molecule has 0 amide bonds. The van der Waals surface area contributed by atoms with E-state index in [1.165, 1.54) is 83.1 Å². The summed E-state index contributed by atoms with van der Waals surface area (Å²) in [7, 11) is 2.01. The SMILES string of the molecule is CC1(C)c2ccc[c-]c2-c2ncccc21.CC1(C)c2ccc[c-]c2-c2ncccc21.CC1(C)c2cccnc2-c2[c-]ccc(Br)c21.CC1(C)c2co[c-]c2-c2ncccc21.CC1(C)c2cs[c-]c2-c2ncccc21.Cn1[c-]c2c(c1)C(C)(C)c1cccnc1-2.[Pt+2].[Pt+2].[Pt+2].[Pt].[Pt].[Pt].[c-]1ccccc1-c1ccccn1.[c-]1ccccc1-c1ccccn1.[c-]1ccccc1-c1nccc2ccccc12. The van der Waals surface area contributed by atoms with E-state index in [2.05, 4.69) is 270 Å². The molecule has 0 saturated carbocycles. The zero-order valence-electron chi connectivity index (χ0n) is 76.3. The first kappa shape index (κ1) is 105. The molecular weight excluding hydrogens is 2830 g/mol. The Morgan fingerprint density at radius 2 is 0.667 bits per heavy atom. The number of benzene rings is 7. The quantitative estimate of drug-likeness (QED) is 0.157. The maximum absolute atomic E-state index is 5.11. The number of nitrogens with zero attached hydrogens (tertiary/aromatic N) is 10. The zero-order valence-corrected chi connectivity index (χ0v) is 92.4. The fraction of sp³-hybridized carbons (Fsp3) is 0.164. The third-order valence-corrected chi connectivity index (χ3v) is 26.3. The van der Waals surface area contributed by atoms with Gasteiger partial charge >= 0.3 is 63.2 Å². The number of aromatic nitrogens is 10. The maximum Gasteiger partial charge on any atom is 2.00 e. The van der Waals surface area contributed by atoms with Gasteiger partial charge in [0.2, 0.25) is 0 Å². The molecular formula is C116H94BrN10OPt6S-3. The van der Waals surface area contributed by atoms with Gasteiger partial charge in [0.1, 0.15) is 0 Å². The van der Waals surface area contributed by atoms with E-state index in [9.17, 15) is 0 Å². The summed E-state index contributed by atoms with van der Waals surface area (Å²) in [5.41, 5.74) is 35.4. The Hall–Kier alpha value is -9.98. The molecule has 11 nitrogen and oxygen atoms in total. The third-order valence-electron chi connectivity index (χ3n) is 25.0. The molecule has 0 N–H and O–H groups in total. The number of hydrogen-bond acceptors (Lipinski definition) is 11. The second kappa shape index (κ2) is 45.5. The first-order valence-corrected chi connectivity index (χ1v) is 44.8. The number of furan rings is 1. The van der Waals surface area contributed by atoms with E-state index in [-0.39, 0.29) is 159 Å². The predicted octanol–water partition coefficient (Wildman–Crippen LogP) is 27.7. The third kappa shape index (κ3) is 21.5. The number of fused-ring (bicyclic) bond motifs is 19. The zero-order chi connectivity index (χ0) is 89.7. The molecule has 19 heteroatoms. The van der Waals surface area contributed by atoms with Crippen molar-refractivity contribution in [3.63, 3.8) is 0 Å². The first-order chi connectivity index (χ1) is 62.4. The molecule has 0 saturated heterocycles. The Bertz CT molecular complexity index is 6750. The van der Waals surface area contributed by atoms with Crippen LogP contribution in [0.25, 0.3) is 112 Å². The molecule has 0 radical (unpaired) electrons. The molecule has 12 aromatic heterocycles. The molecule has 25 rings (SSSR count). The Morgan fingerprint density at radius 1 is 0.296 bits per heavy atom. The summed E-state index contributed by atoms with van der Waals surface area (Å²) in [5.74, 6) is 0. The molecule has 0 unspecified atom stereocenters. The molecule has 135 heavy (non-hydrogen) atoms. The van der Waals surface area contributed by atoms with Crippen molar-refractivity contribution in [1.29, 1.82) is 0 Å². The molecule has 0 aliphatic heterocycles. The van der Waals surface area contributed by atoms with E-state index in [1.54, 1.807) is 30.0 Å². The van der Waals surface area contributed by atoms with Gasteiger partial charge in [-0.3, -0.25) is 11.3 Å². The van der Waals surface area contributed by atoms with E-state index in [0.29, 0.717) is 0 Å². The largest absolute Gasteiger partial charge is 2.00 e. The van der Waals surface area contributed by atoms with Crippen LogP contribution in [0.4, 0.5) is 0 Å². The number of aryl methyl sites for hydroxylation is 1. The van der Waals surface area contributed by atoms with Crippen molar-refractivity contribution in [2.24, 2.45) is 7.05 Å². The molecule has 19 aromatic rings. The standard InChI is InChI=1S/C15H10N.C14H11BrN.2C14H12N.C13H13N2.C12H10NO.C12H10NS.2C11H8N.6Pt/c1-2-7-13(8-3-1)15-14-9-5-4-6-12(14)10-11-16-15;1-14(2)10-6-4-8-16-13(10)9-5-3-7-11(15)12(9)14;2*1-14(2)11-7-4-3-6-10(11)13-12(14)8-5-9-15-13;1-13(2)10-5-4-6-14-12(10)9-7-15(3)8-11(9)13;2*1-12(2)9-4-3-5-13-11(9)8-6-14-7-10(8)12;2*1-2-6-10(7-3-1)11-8-4-5-9-12-11;;;;;;/h1-7,9-11H;3-4,6-8H,1-2H3;2*3-5,7-9H,1-2H3;4-6,8H,1-3H3;2*3-5,7H,1-2H3;2*1-6,8-9H;;;;;;/q9*-1;;;;3*+2. The van der Waals surface area contributed by atoms with Gasteiger partial charge in [0.05, 0.1) is 0 Å². The van der Waals surface area contributed by atoms with E-state index in [0.717, 1.165) is 100 Å². The predicted molar refractivity (Wildman–Crippen MR) is 524 cm³/mol. The van der Waals surface area contributed by atoms with E-state index in [1.807, 2.05) is 255 Å². The Balaban J connectivity index is 0.000000145. The smallest absolute Gasteiger partial charge is 0.565 e.